The van der Waals surface area contributed by atoms with Crippen LogP contribution in [0.25, 0.3) is 11.1 Å². The standard InChI is InChI=1S/C13H12N4O3/c1-19-8-4-2-3-7(5-8)6-9-10-11(20-17-9)12(18)16-13(14)15-10/h2-5H,6H2,1H3,(H3,14,15,16,18). The fourth-order valence-corrected chi connectivity index (χ4v) is 1.97. The van der Waals surface area contributed by atoms with Crippen molar-refractivity contribution in [2.45, 2.75) is 6.42 Å². The zero-order valence-corrected chi connectivity index (χ0v) is 10.7. The summed E-state index contributed by atoms with van der Waals surface area (Å²) < 4.78 is 10.2. The lowest BCUT2D eigenvalue weighted by atomic mass is 10.1. The molecule has 0 aliphatic heterocycles. The molecule has 0 atom stereocenters. The molecule has 3 rings (SSSR count). The van der Waals surface area contributed by atoms with Crippen molar-refractivity contribution >= 4 is 17.0 Å². The van der Waals surface area contributed by atoms with E-state index in [2.05, 4.69) is 15.1 Å². The van der Waals surface area contributed by atoms with Gasteiger partial charge in [0.2, 0.25) is 11.5 Å². The first-order chi connectivity index (χ1) is 9.67. The van der Waals surface area contributed by atoms with Crippen LogP contribution in [-0.2, 0) is 6.42 Å². The zero-order chi connectivity index (χ0) is 14.1. The summed E-state index contributed by atoms with van der Waals surface area (Å²) in [5.41, 5.74) is 7.63. The summed E-state index contributed by atoms with van der Waals surface area (Å²) in [5, 5.41) is 13.5. The van der Waals surface area contributed by atoms with Gasteiger partial charge in [0, 0.05) is 6.42 Å². The Morgan fingerprint density at radius 2 is 2.20 bits per heavy atom. The molecule has 0 aliphatic rings. The van der Waals surface area contributed by atoms with Gasteiger partial charge < -0.3 is 20.1 Å². The Kier molecular flexibility index (Phi) is 2.86. The molecule has 7 heteroatoms. The van der Waals surface area contributed by atoms with E-state index < -0.39 is 0 Å². The van der Waals surface area contributed by atoms with E-state index in [1.807, 2.05) is 24.3 Å². The van der Waals surface area contributed by atoms with E-state index >= 15 is 0 Å². The van der Waals surface area contributed by atoms with E-state index in [0.717, 1.165) is 11.3 Å². The number of ether oxygens (including phenoxy) is 1. The molecule has 3 N–H and O–H groups in total. The van der Waals surface area contributed by atoms with Crippen molar-refractivity contribution in [3.63, 3.8) is 0 Å². The molecule has 0 amide bonds. The maximum atomic E-state index is 9.63. The van der Waals surface area contributed by atoms with Crippen LogP contribution in [0.2, 0.25) is 0 Å². The van der Waals surface area contributed by atoms with E-state index in [0.29, 0.717) is 17.6 Å². The first kappa shape index (κ1) is 12.2. The molecular formula is C13H12N4O3. The van der Waals surface area contributed by atoms with Crippen molar-refractivity contribution in [3.8, 4) is 11.6 Å². The lowest BCUT2D eigenvalue weighted by Gasteiger charge is -2.02. The number of aromatic hydroxyl groups is 1. The van der Waals surface area contributed by atoms with Crippen molar-refractivity contribution in [1.29, 1.82) is 0 Å². The van der Waals surface area contributed by atoms with E-state index in [1.165, 1.54) is 0 Å². The monoisotopic (exact) mass is 272 g/mol. The molecule has 0 unspecified atom stereocenters. The number of rotatable bonds is 3. The van der Waals surface area contributed by atoms with Crippen molar-refractivity contribution in [1.82, 2.24) is 15.1 Å². The Bertz CT molecular complexity index is 769. The molecule has 0 aliphatic carbocycles. The molecule has 0 saturated heterocycles. The minimum Gasteiger partial charge on any atom is -0.497 e. The molecule has 0 fully saturated rings. The summed E-state index contributed by atoms with van der Waals surface area (Å²) in [5.74, 6) is 0.425. The zero-order valence-electron chi connectivity index (χ0n) is 10.7. The molecule has 0 radical (unpaired) electrons. The molecule has 0 saturated carbocycles. The molecule has 0 bridgehead atoms. The number of hydrogen-bond donors (Lipinski definition) is 2. The van der Waals surface area contributed by atoms with Crippen LogP contribution < -0.4 is 10.5 Å². The predicted octanol–water partition coefficient (Wildman–Crippen LogP) is 1.50. The molecule has 2 aromatic heterocycles. The summed E-state index contributed by atoms with van der Waals surface area (Å²) in [6.07, 6.45) is 0.486. The van der Waals surface area contributed by atoms with Crippen LogP contribution in [0, 0.1) is 0 Å². The second-order valence-corrected chi connectivity index (χ2v) is 4.24. The smallest absolute Gasteiger partial charge is 0.263 e. The van der Waals surface area contributed by atoms with Crippen LogP contribution >= 0.6 is 0 Å². The van der Waals surface area contributed by atoms with Gasteiger partial charge in [-0.2, -0.15) is 4.98 Å². The van der Waals surface area contributed by atoms with Gasteiger partial charge in [0.1, 0.15) is 17.0 Å². The lowest BCUT2D eigenvalue weighted by molar-refractivity contribution is 0.407. The van der Waals surface area contributed by atoms with Gasteiger partial charge in [-0.15, -0.1) is 0 Å². The summed E-state index contributed by atoms with van der Waals surface area (Å²) in [6.45, 7) is 0. The molecule has 3 aromatic rings. The quantitative estimate of drug-likeness (QED) is 0.743. The second-order valence-electron chi connectivity index (χ2n) is 4.24. The number of hydrogen-bond acceptors (Lipinski definition) is 7. The number of nitrogens with two attached hydrogens (primary N) is 1. The van der Waals surface area contributed by atoms with Gasteiger partial charge in [-0.25, -0.2) is 4.98 Å². The van der Waals surface area contributed by atoms with E-state index in [-0.39, 0.29) is 17.4 Å². The number of nitrogen functional groups attached to an aromatic ring is 1. The number of nitrogens with zero attached hydrogens (tertiary/aromatic N) is 3. The topological polar surface area (TPSA) is 107 Å². The summed E-state index contributed by atoms with van der Waals surface area (Å²) in [4.78, 5) is 7.67. The Balaban J connectivity index is 2.02. The molecule has 7 nitrogen and oxygen atoms in total. The predicted molar refractivity (Wildman–Crippen MR) is 71.5 cm³/mol. The number of anilines is 1. The summed E-state index contributed by atoms with van der Waals surface area (Å²) in [7, 11) is 1.61. The van der Waals surface area contributed by atoms with Crippen LogP contribution in [0.4, 0.5) is 5.95 Å². The largest absolute Gasteiger partial charge is 0.497 e. The molecule has 0 spiro atoms. The third-order valence-corrected chi connectivity index (χ3v) is 2.89. The Hall–Kier alpha value is -2.83. The molecule has 2 heterocycles. The normalized spacial score (nSPS) is 10.8. The third-order valence-electron chi connectivity index (χ3n) is 2.89. The van der Waals surface area contributed by atoms with E-state index in [4.69, 9.17) is 15.0 Å². The average Bonchev–Trinajstić information content (AvgIpc) is 2.82. The maximum absolute atomic E-state index is 9.63. The summed E-state index contributed by atoms with van der Waals surface area (Å²) >= 11 is 0. The van der Waals surface area contributed by atoms with Gasteiger partial charge in [-0.3, -0.25) is 0 Å². The number of benzene rings is 1. The lowest BCUT2D eigenvalue weighted by Crippen LogP contribution is -1.96. The van der Waals surface area contributed by atoms with Crippen molar-refractivity contribution < 1.29 is 14.4 Å². The fraction of sp³-hybridized carbons (Fsp3) is 0.154. The second kappa shape index (κ2) is 4.69. The van der Waals surface area contributed by atoms with Crippen molar-refractivity contribution in [2.24, 2.45) is 0 Å². The minimum atomic E-state index is -0.308. The minimum absolute atomic E-state index is 0.0231. The van der Waals surface area contributed by atoms with Crippen LogP contribution in [0.3, 0.4) is 0 Å². The van der Waals surface area contributed by atoms with Crippen LogP contribution in [0.5, 0.6) is 11.6 Å². The number of aromatic nitrogens is 3. The highest BCUT2D eigenvalue weighted by molar-refractivity contribution is 5.80. The Labute approximate surface area is 114 Å². The van der Waals surface area contributed by atoms with Crippen molar-refractivity contribution in [3.05, 3.63) is 35.5 Å². The van der Waals surface area contributed by atoms with Crippen LogP contribution in [0.1, 0.15) is 11.3 Å². The molecular weight excluding hydrogens is 260 g/mol. The van der Waals surface area contributed by atoms with E-state index in [1.54, 1.807) is 7.11 Å². The number of fused-ring (bicyclic) bond motifs is 1. The highest BCUT2D eigenvalue weighted by atomic mass is 16.5. The van der Waals surface area contributed by atoms with E-state index in [9.17, 15) is 5.11 Å². The van der Waals surface area contributed by atoms with Gasteiger partial charge in [-0.1, -0.05) is 17.3 Å². The van der Waals surface area contributed by atoms with Gasteiger partial charge in [0.05, 0.1) is 7.11 Å². The summed E-state index contributed by atoms with van der Waals surface area (Å²) in [6, 6.07) is 7.58. The maximum Gasteiger partial charge on any atom is 0.263 e. The van der Waals surface area contributed by atoms with Crippen LogP contribution in [-0.4, -0.2) is 27.3 Å². The Morgan fingerprint density at radius 1 is 1.35 bits per heavy atom. The third kappa shape index (κ3) is 2.09. The molecule has 20 heavy (non-hydrogen) atoms. The number of methoxy groups -OCH3 is 1. The molecule has 102 valence electrons. The SMILES string of the molecule is COc1cccc(Cc2noc3c(O)nc(N)nc23)c1. The first-order valence-corrected chi connectivity index (χ1v) is 5.91. The van der Waals surface area contributed by atoms with Gasteiger partial charge in [-0.05, 0) is 17.7 Å². The fourth-order valence-electron chi connectivity index (χ4n) is 1.97. The van der Waals surface area contributed by atoms with Gasteiger partial charge in [0.15, 0.2) is 0 Å². The van der Waals surface area contributed by atoms with Crippen LogP contribution in [0.15, 0.2) is 28.8 Å². The Morgan fingerprint density at radius 3 is 3.00 bits per heavy atom. The first-order valence-electron chi connectivity index (χ1n) is 5.91. The average molecular weight is 272 g/mol. The molecule has 1 aromatic carbocycles. The van der Waals surface area contributed by atoms with Gasteiger partial charge >= 0.3 is 0 Å². The van der Waals surface area contributed by atoms with Gasteiger partial charge in [0.25, 0.3) is 5.88 Å². The highest BCUT2D eigenvalue weighted by Gasteiger charge is 2.16. The van der Waals surface area contributed by atoms with Crippen molar-refractivity contribution in [2.75, 3.05) is 12.8 Å². The highest BCUT2D eigenvalue weighted by Crippen LogP contribution is 2.26.